The van der Waals surface area contributed by atoms with E-state index in [1.54, 1.807) is 0 Å². The van der Waals surface area contributed by atoms with Gasteiger partial charge in [0.05, 0.1) is 6.42 Å². The lowest BCUT2D eigenvalue weighted by Crippen LogP contribution is -2.42. The van der Waals surface area contributed by atoms with E-state index in [2.05, 4.69) is 10.9 Å². The normalized spacial score (nSPS) is 12.4. The molecular formula is C30H44N2O4. The molecule has 6 heteroatoms. The van der Waals surface area contributed by atoms with Crippen molar-refractivity contribution in [3.8, 4) is 11.5 Å². The van der Waals surface area contributed by atoms with Crippen LogP contribution >= 0.6 is 0 Å². The Labute approximate surface area is 216 Å². The van der Waals surface area contributed by atoms with Gasteiger partial charge < -0.3 is 10.2 Å². The Balaban J connectivity index is 2.05. The predicted molar refractivity (Wildman–Crippen MR) is 145 cm³/mol. The van der Waals surface area contributed by atoms with Crippen LogP contribution < -0.4 is 10.9 Å². The largest absolute Gasteiger partial charge is 0.507 e. The molecule has 2 aromatic carbocycles. The first-order chi connectivity index (χ1) is 16.3. The molecule has 0 aliphatic rings. The molecule has 0 aliphatic carbocycles. The molecule has 0 aliphatic heterocycles. The lowest BCUT2D eigenvalue weighted by Gasteiger charge is -2.28. The van der Waals surface area contributed by atoms with Crippen LogP contribution in [0.4, 0.5) is 0 Å². The molecule has 36 heavy (non-hydrogen) atoms. The molecule has 2 aromatic rings. The van der Waals surface area contributed by atoms with E-state index in [9.17, 15) is 19.8 Å². The second-order valence-corrected chi connectivity index (χ2v) is 12.9. The fourth-order valence-electron chi connectivity index (χ4n) is 4.20. The van der Waals surface area contributed by atoms with Crippen molar-refractivity contribution in [1.82, 2.24) is 10.9 Å². The third kappa shape index (κ3) is 7.49. The van der Waals surface area contributed by atoms with E-state index in [1.165, 1.54) is 0 Å². The van der Waals surface area contributed by atoms with Crippen molar-refractivity contribution in [1.29, 1.82) is 0 Å². The van der Waals surface area contributed by atoms with Gasteiger partial charge in [-0.2, -0.15) is 0 Å². The van der Waals surface area contributed by atoms with Gasteiger partial charge in [-0.15, -0.1) is 0 Å². The van der Waals surface area contributed by atoms with E-state index in [4.69, 9.17) is 0 Å². The van der Waals surface area contributed by atoms with Gasteiger partial charge in [-0.3, -0.25) is 20.4 Å². The number of carbonyl (C=O) groups is 2. The Morgan fingerprint density at radius 3 is 1.56 bits per heavy atom. The summed E-state index contributed by atoms with van der Waals surface area (Å²) in [5.41, 5.74) is 9.19. The Morgan fingerprint density at radius 1 is 0.667 bits per heavy atom. The molecule has 4 N–H and O–H groups in total. The number of rotatable bonds is 5. The van der Waals surface area contributed by atoms with Crippen LogP contribution in [0.1, 0.15) is 102 Å². The average molecular weight is 497 g/mol. The minimum atomic E-state index is -0.329. The van der Waals surface area contributed by atoms with Crippen molar-refractivity contribution in [3.63, 3.8) is 0 Å². The number of phenols is 2. The molecule has 0 fully saturated rings. The van der Waals surface area contributed by atoms with Gasteiger partial charge in [0, 0.05) is 6.42 Å². The number of aryl methyl sites for hydroxylation is 2. The standard InChI is InChI=1S/C30H44N2O4/c1-18-13-19(14-21(26(18)35)28(2,3)4)11-12-24(33)31-32-25(34)17-20-15-22(29(5,6)7)27(36)23(16-20)30(8,9)10/h13-16,35-36H,11-12,17H2,1-10H3,(H,31,33)(H,32,34). The van der Waals surface area contributed by atoms with Crippen molar-refractivity contribution in [2.75, 3.05) is 0 Å². The van der Waals surface area contributed by atoms with Crippen LogP contribution in [0.25, 0.3) is 0 Å². The van der Waals surface area contributed by atoms with Gasteiger partial charge in [-0.05, 0) is 63.0 Å². The van der Waals surface area contributed by atoms with Crippen molar-refractivity contribution < 1.29 is 19.8 Å². The van der Waals surface area contributed by atoms with Gasteiger partial charge in [0.2, 0.25) is 11.8 Å². The van der Waals surface area contributed by atoms with Gasteiger partial charge >= 0.3 is 0 Å². The highest BCUT2D eigenvalue weighted by Crippen LogP contribution is 2.40. The number of aromatic hydroxyl groups is 2. The van der Waals surface area contributed by atoms with Gasteiger partial charge in [0.25, 0.3) is 0 Å². The summed E-state index contributed by atoms with van der Waals surface area (Å²) in [5, 5.41) is 21.3. The third-order valence-corrected chi connectivity index (χ3v) is 6.30. The molecule has 0 atom stereocenters. The lowest BCUT2D eigenvalue weighted by atomic mass is 9.78. The summed E-state index contributed by atoms with van der Waals surface area (Å²) in [7, 11) is 0. The minimum Gasteiger partial charge on any atom is -0.507 e. The first kappa shape index (κ1) is 29.2. The molecule has 2 amide bonds. The first-order valence-electron chi connectivity index (χ1n) is 12.6. The first-order valence-corrected chi connectivity index (χ1v) is 12.6. The number of phenolic OH excluding ortho intramolecular Hbond substituents is 2. The zero-order chi connectivity index (χ0) is 27.6. The molecule has 0 saturated carbocycles. The number of hydrogen-bond acceptors (Lipinski definition) is 4. The average Bonchev–Trinajstić information content (AvgIpc) is 2.71. The maximum atomic E-state index is 12.6. The summed E-state index contributed by atoms with van der Waals surface area (Å²) in [4.78, 5) is 25.0. The number of amides is 2. The Morgan fingerprint density at radius 2 is 1.08 bits per heavy atom. The van der Waals surface area contributed by atoms with Crippen LogP contribution in [0.3, 0.4) is 0 Å². The van der Waals surface area contributed by atoms with E-state index < -0.39 is 0 Å². The van der Waals surface area contributed by atoms with Crippen LogP contribution in [-0.4, -0.2) is 22.0 Å². The van der Waals surface area contributed by atoms with Crippen LogP contribution in [-0.2, 0) is 38.7 Å². The maximum Gasteiger partial charge on any atom is 0.242 e. The zero-order valence-electron chi connectivity index (χ0n) is 23.6. The summed E-state index contributed by atoms with van der Waals surface area (Å²) in [6.07, 6.45) is 0.780. The molecule has 0 saturated heterocycles. The number of nitrogens with one attached hydrogen (secondary N) is 2. The molecule has 6 nitrogen and oxygen atoms in total. The smallest absolute Gasteiger partial charge is 0.242 e. The highest BCUT2D eigenvalue weighted by molar-refractivity contribution is 5.83. The summed E-state index contributed by atoms with van der Waals surface area (Å²) in [5.74, 6) is -0.0555. The van der Waals surface area contributed by atoms with E-state index >= 15 is 0 Å². The van der Waals surface area contributed by atoms with Crippen molar-refractivity contribution in [3.05, 3.63) is 57.6 Å². The molecule has 198 valence electrons. The second-order valence-electron chi connectivity index (χ2n) is 12.9. The van der Waals surface area contributed by atoms with Crippen molar-refractivity contribution in [2.24, 2.45) is 0 Å². The minimum absolute atomic E-state index is 0.0822. The van der Waals surface area contributed by atoms with Gasteiger partial charge in [0.15, 0.2) is 0 Å². The maximum absolute atomic E-state index is 12.6. The fourth-order valence-corrected chi connectivity index (χ4v) is 4.20. The third-order valence-electron chi connectivity index (χ3n) is 6.30. The van der Waals surface area contributed by atoms with E-state index in [-0.39, 0.29) is 46.7 Å². The van der Waals surface area contributed by atoms with E-state index in [0.717, 1.165) is 33.4 Å². The molecule has 0 heterocycles. The highest BCUT2D eigenvalue weighted by atomic mass is 16.3. The summed E-state index contributed by atoms with van der Waals surface area (Å²) in [6.45, 7) is 20.1. The second kappa shape index (κ2) is 10.5. The fraction of sp³-hybridized carbons (Fsp3) is 0.533. The van der Waals surface area contributed by atoms with Crippen LogP contribution in [0.15, 0.2) is 24.3 Å². The van der Waals surface area contributed by atoms with Gasteiger partial charge in [-0.1, -0.05) is 86.6 Å². The molecular weight excluding hydrogens is 452 g/mol. The quantitative estimate of drug-likeness (QED) is 0.404. The van der Waals surface area contributed by atoms with Crippen molar-refractivity contribution >= 4 is 11.8 Å². The number of carbonyl (C=O) groups excluding carboxylic acids is 2. The highest BCUT2D eigenvalue weighted by Gasteiger charge is 2.27. The lowest BCUT2D eigenvalue weighted by molar-refractivity contribution is -0.128. The molecule has 0 radical (unpaired) electrons. The van der Waals surface area contributed by atoms with Crippen LogP contribution in [0.5, 0.6) is 11.5 Å². The van der Waals surface area contributed by atoms with Gasteiger partial charge in [0.1, 0.15) is 11.5 Å². The predicted octanol–water partition coefficient (Wildman–Crippen LogP) is 5.62. The number of hydrogen-bond donors (Lipinski definition) is 4. The van der Waals surface area contributed by atoms with E-state index in [0.29, 0.717) is 12.2 Å². The molecule has 2 rings (SSSR count). The van der Waals surface area contributed by atoms with E-state index in [1.807, 2.05) is 93.5 Å². The monoisotopic (exact) mass is 496 g/mol. The Hall–Kier alpha value is -3.02. The summed E-state index contributed by atoms with van der Waals surface area (Å²) < 4.78 is 0. The van der Waals surface area contributed by atoms with Crippen LogP contribution in [0, 0.1) is 6.92 Å². The molecule has 0 spiro atoms. The molecule has 0 unspecified atom stereocenters. The Kier molecular flexibility index (Phi) is 8.55. The van der Waals surface area contributed by atoms with Crippen molar-refractivity contribution in [2.45, 2.75) is 105 Å². The summed E-state index contributed by atoms with van der Waals surface area (Å²) in [6, 6.07) is 7.57. The SMILES string of the molecule is Cc1cc(CCC(=O)NNC(=O)Cc2cc(C(C)(C)C)c(O)c(C(C)(C)C)c2)cc(C(C)(C)C)c1O. The number of benzene rings is 2. The Bertz CT molecular complexity index is 1090. The number of hydrazine groups is 1. The summed E-state index contributed by atoms with van der Waals surface area (Å²) >= 11 is 0. The molecule has 0 bridgehead atoms. The van der Waals surface area contributed by atoms with Crippen LogP contribution in [0.2, 0.25) is 0 Å². The zero-order valence-corrected chi connectivity index (χ0v) is 23.6. The molecule has 0 aromatic heterocycles. The van der Waals surface area contributed by atoms with Gasteiger partial charge in [-0.25, -0.2) is 0 Å². The topological polar surface area (TPSA) is 98.7 Å².